The van der Waals surface area contributed by atoms with Crippen LogP contribution in [-0.2, 0) is 16.1 Å². The van der Waals surface area contributed by atoms with Crippen LogP contribution in [0.25, 0.3) is 0 Å². The van der Waals surface area contributed by atoms with Crippen molar-refractivity contribution < 1.29 is 19.1 Å². The van der Waals surface area contributed by atoms with Crippen molar-refractivity contribution >= 4 is 23.4 Å². The van der Waals surface area contributed by atoms with Crippen molar-refractivity contribution in [1.82, 2.24) is 4.90 Å². The molecule has 144 valence electrons. The quantitative estimate of drug-likeness (QED) is 0.716. The van der Waals surface area contributed by atoms with Crippen LogP contribution < -0.4 is 5.32 Å². The molecule has 0 bridgehead atoms. The first-order valence-corrected chi connectivity index (χ1v) is 9.53. The molecule has 1 aliphatic heterocycles. The van der Waals surface area contributed by atoms with Gasteiger partial charge in [0.1, 0.15) is 0 Å². The summed E-state index contributed by atoms with van der Waals surface area (Å²) in [6.07, 6.45) is 2.56. The number of hydrogen-bond acceptors (Lipinski definition) is 4. The second-order valence-corrected chi connectivity index (χ2v) is 7.26. The molecule has 0 unspecified atom stereocenters. The van der Waals surface area contributed by atoms with Crippen molar-refractivity contribution in [2.24, 2.45) is 5.92 Å². The van der Waals surface area contributed by atoms with Crippen molar-refractivity contribution in [1.29, 1.82) is 0 Å². The zero-order chi connectivity index (χ0) is 19.5. The monoisotopic (exact) mass is 378 g/mol. The normalized spacial score (nSPS) is 15.6. The number of carbonyl (C=O) groups is 3. The lowest BCUT2D eigenvalue weighted by Gasteiger charge is -2.14. The van der Waals surface area contributed by atoms with E-state index < -0.39 is 0 Å². The number of rotatable bonds is 8. The smallest absolute Gasteiger partial charge is 0.261 e. The molecular formula is C22H22N2O4. The lowest BCUT2D eigenvalue weighted by atomic mass is 10.1. The van der Waals surface area contributed by atoms with Crippen LogP contribution in [0.4, 0.5) is 5.69 Å². The zero-order valence-corrected chi connectivity index (χ0v) is 15.5. The SMILES string of the molecule is O=C(CCN1C(=O)c2ccccc2C1=O)Nc1cccc(COCC2CC2)c1. The van der Waals surface area contributed by atoms with E-state index in [9.17, 15) is 14.4 Å². The van der Waals surface area contributed by atoms with Gasteiger partial charge in [-0.2, -0.15) is 0 Å². The molecule has 2 aliphatic rings. The van der Waals surface area contributed by atoms with Crippen LogP contribution in [0.1, 0.15) is 45.5 Å². The molecule has 6 nitrogen and oxygen atoms in total. The van der Waals surface area contributed by atoms with Gasteiger partial charge in [-0.25, -0.2) is 0 Å². The minimum Gasteiger partial charge on any atom is -0.376 e. The molecule has 1 fully saturated rings. The predicted molar refractivity (Wildman–Crippen MR) is 104 cm³/mol. The van der Waals surface area contributed by atoms with Gasteiger partial charge in [0.2, 0.25) is 5.91 Å². The minimum absolute atomic E-state index is 0.0495. The number of fused-ring (bicyclic) bond motifs is 1. The van der Waals surface area contributed by atoms with E-state index in [0.29, 0.717) is 29.3 Å². The molecule has 1 saturated carbocycles. The van der Waals surface area contributed by atoms with Gasteiger partial charge in [0.05, 0.1) is 17.7 Å². The maximum Gasteiger partial charge on any atom is 0.261 e. The molecule has 2 aromatic rings. The fourth-order valence-electron chi connectivity index (χ4n) is 3.25. The zero-order valence-electron chi connectivity index (χ0n) is 15.5. The maximum absolute atomic E-state index is 12.3. The summed E-state index contributed by atoms with van der Waals surface area (Å²) < 4.78 is 5.68. The van der Waals surface area contributed by atoms with Crippen LogP contribution in [0.15, 0.2) is 48.5 Å². The van der Waals surface area contributed by atoms with Gasteiger partial charge in [0.15, 0.2) is 0 Å². The first-order chi connectivity index (χ1) is 13.6. The van der Waals surface area contributed by atoms with Gasteiger partial charge >= 0.3 is 0 Å². The Morgan fingerprint density at radius 3 is 2.43 bits per heavy atom. The van der Waals surface area contributed by atoms with Crippen LogP contribution in [0.5, 0.6) is 0 Å². The highest BCUT2D eigenvalue weighted by atomic mass is 16.5. The first kappa shape index (κ1) is 18.4. The molecule has 0 radical (unpaired) electrons. The Labute approximate surface area is 163 Å². The number of carbonyl (C=O) groups excluding carboxylic acids is 3. The van der Waals surface area contributed by atoms with E-state index in [2.05, 4.69) is 5.32 Å². The van der Waals surface area contributed by atoms with E-state index in [0.717, 1.165) is 17.1 Å². The molecular weight excluding hydrogens is 356 g/mol. The third-order valence-electron chi connectivity index (χ3n) is 4.97. The summed E-state index contributed by atoms with van der Waals surface area (Å²) in [6, 6.07) is 14.2. The molecule has 0 atom stereocenters. The average Bonchev–Trinajstić information content (AvgIpc) is 3.48. The van der Waals surface area contributed by atoms with Gasteiger partial charge in [0, 0.05) is 25.3 Å². The molecule has 1 heterocycles. The number of benzene rings is 2. The van der Waals surface area contributed by atoms with E-state index in [-0.39, 0.29) is 30.7 Å². The van der Waals surface area contributed by atoms with E-state index in [1.54, 1.807) is 24.3 Å². The van der Waals surface area contributed by atoms with Crippen LogP contribution >= 0.6 is 0 Å². The summed E-state index contributed by atoms with van der Waals surface area (Å²) in [5.74, 6) is -0.218. The molecule has 0 spiro atoms. The van der Waals surface area contributed by atoms with Gasteiger partial charge < -0.3 is 10.1 Å². The van der Waals surface area contributed by atoms with Gasteiger partial charge in [-0.15, -0.1) is 0 Å². The standard InChI is InChI=1S/C22H22N2O4/c25-20(10-11-24-21(26)18-6-1-2-7-19(18)22(24)27)23-17-5-3-4-16(12-17)14-28-13-15-8-9-15/h1-7,12,15H,8-11,13-14H2,(H,23,25). The molecule has 1 N–H and O–H groups in total. The van der Waals surface area contributed by atoms with E-state index >= 15 is 0 Å². The lowest BCUT2D eigenvalue weighted by Crippen LogP contribution is -2.32. The number of hydrogen-bond donors (Lipinski definition) is 1. The van der Waals surface area contributed by atoms with Crippen molar-refractivity contribution in [3.05, 3.63) is 65.2 Å². The Bertz CT molecular complexity index is 885. The first-order valence-electron chi connectivity index (χ1n) is 9.53. The largest absolute Gasteiger partial charge is 0.376 e. The molecule has 28 heavy (non-hydrogen) atoms. The van der Waals surface area contributed by atoms with E-state index in [1.807, 2.05) is 24.3 Å². The van der Waals surface area contributed by atoms with Gasteiger partial charge in [-0.1, -0.05) is 24.3 Å². The Hall–Kier alpha value is -2.99. The Balaban J connectivity index is 1.29. The number of nitrogens with one attached hydrogen (secondary N) is 1. The fraction of sp³-hybridized carbons (Fsp3) is 0.318. The Morgan fingerprint density at radius 2 is 1.75 bits per heavy atom. The second-order valence-electron chi connectivity index (χ2n) is 7.26. The summed E-state index contributed by atoms with van der Waals surface area (Å²) in [5.41, 5.74) is 2.47. The van der Waals surface area contributed by atoms with Crippen LogP contribution in [-0.4, -0.2) is 35.8 Å². The number of ether oxygens (including phenoxy) is 1. The van der Waals surface area contributed by atoms with Crippen molar-refractivity contribution in [2.45, 2.75) is 25.9 Å². The van der Waals surface area contributed by atoms with Crippen LogP contribution in [0.2, 0.25) is 0 Å². The van der Waals surface area contributed by atoms with Crippen molar-refractivity contribution in [2.75, 3.05) is 18.5 Å². The molecule has 0 aromatic heterocycles. The predicted octanol–water partition coefficient (Wildman–Crippen LogP) is 3.24. The summed E-state index contributed by atoms with van der Waals surface area (Å²) in [7, 11) is 0. The number of nitrogens with zero attached hydrogens (tertiary/aromatic N) is 1. The summed E-state index contributed by atoms with van der Waals surface area (Å²) in [4.78, 5) is 38.1. The molecule has 4 rings (SSSR count). The highest BCUT2D eigenvalue weighted by molar-refractivity contribution is 6.21. The number of anilines is 1. The Morgan fingerprint density at radius 1 is 1.04 bits per heavy atom. The fourth-order valence-corrected chi connectivity index (χ4v) is 3.25. The summed E-state index contributed by atoms with van der Waals surface area (Å²) in [5, 5.41) is 2.82. The third kappa shape index (κ3) is 4.12. The molecule has 3 amide bonds. The molecule has 1 aliphatic carbocycles. The number of imide groups is 1. The van der Waals surface area contributed by atoms with E-state index in [1.165, 1.54) is 12.8 Å². The Kier molecular flexibility index (Phi) is 5.21. The molecule has 6 heteroatoms. The second kappa shape index (κ2) is 7.94. The topological polar surface area (TPSA) is 75.7 Å². The highest BCUT2D eigenvalue weighted by Gasteiger charge is 2.34. The maximum atomic E-state index is 12.3. The molecule has 2 aromatic carbocycles. The van der Waals surface area contributed by atoms with Gasteiger partial charge in [-0.3, -0.25) is 19.3 Å². The van der Waals surface area contributed by atoms with Gasteiger partial charge in [-0.05, 0) is 48.6 Å². The van der Waals surface area contributed by atoms with Crippen molar-refractivity contribution in [3.63, 3.8) is 0 Å². The van der Waals surface area contributed by atoms with Crippen molar-refractivity contribution in [3.8, 4) is 0 Å². The minimum atomic E-state index is -0.344. The lowest BCUT2D eigenvalue weighted by molar-refractivity contribution is -0.116. The average molecular weight is 378 g/mol. The van der Waals surface area contributed by atoms with Crippen LogP contribution in [0, 0.1) is 5.92 Å². The third-order valence-corrected chi connectivity index (χ3v) is 4.97. The summed E-state index contributed by atoms with van der Waals surface area (Å²) >= 11 is 0. The van der Waals surface area contributed by atoms with E-state index in [4.69, 9.17) is 4.74 Å². The van der Waals surface area contributed by atoms with Gasteiger partial charge in [0.25, 0.3) is 11.8 Å². The van der Waals surface area contributed by atoms with Crippen LogP contribution in [0.3, 0.4) is 0 Å². The molecule has 0 saturated heterocycles. The number of amides is 3. The summed E-state index contributed by atoms with van der Waals surface area (Å²) in [6.45, 7) is 1.37. The highest BCUT2D eigenvalue weighted by Crippen LogP contribution is 2.29.